The van der Waals surface area contributed by atoms with E-state index in [-0.39, 0.29) is 29.3 Å². The van der Waals surface area contributed by atoms with Crippen molar-refractivity contribution in [2.24, 2.45) is 0 Å². The summed E-state index contributed by atoms with van der Waals surface area (Å²) < 4.78 is 32.4. The van der Waals surface area contributed by atoms with Crippen molar-refractivity contribution in [2.45, 2.75) is 32.4 Å². The van der Waals surface area contributed by atoms with E-state index in [1.807, 2.05) is 18.7 Å². The Balaban J connectivity index is 1.34. The van der Waals surface area contributed by atoms with Crippen LogP contribution in [0.15, 0.2) is 55.1 Å². The first kappa shape index (κ1) is 25.9. The van der Waals surface area contributed by atoms with Gasteiger partial charge in [-0.05, 0) is 32.9 Å². The number of carbonyl (C=O) groups is 2. The Labute approximate surface area is 212 Å². The molecule has 1 saturated heterocycles. The molecular weight excluding hydrogens is 486 g/mol. The van der Waals surface area contributed by atoms with Gasteiger partial charge in [-0.25, -0.2) is 18.7 Å². The number of halogens is 2. The lowest BCUT2D eigenvalue weighted by Crippen LogP contribution is -2.63. The first-order chi connectivity index (χ1) is 17.5. The van der Waals surface area contributed by atoms with E-state index in [9.17, 15) is 23.6 Å². The van der Waals surface area contributed by atoms with Crippen LogP contribution in [0.2, 0.25) is 0 Å². The van der Waals surface area contributed by atoms with E-state index in [1.54, 1.807) is 11.8 Å². The molecule has 0 bridgehead atoms. The average molecular weight is 513 g/mol. The minimum atomic E-state index is -1.05. The molecule has 0 radical (unpaired) electrons. The molecule has 1 N–H and O–H groups in total. The lowest BCUT2D eigenvalue weighted by atomic mass is 9.96. The summed E-state index contributed by atoms with van der Waals surface area (Å²) in [6.45, 7) is 6.96. The fraction of sp³-hybridized carbons (Fsp3) is 0.320. The number of anilines is 1. The molecule has 1 atom stereocenters. The minimum Gasteiger partial charge on any atom is -0.619 e. The van der Waals surface area contributed by atoms with Gasteiger partial charge in [-0.15, -0.1) is 0 Å². The molecule has 4 rings (SSSR count). The number of pyridine rings is 1. The highest BCUT2D eigenvalue weighted by molar-refractivity contribution is 5.95. The molecule has 194 valence electrons. The first-order valence-corrected chi connectivity index (χ1v) is 11.5. The summed E-state index contributed by atoms with van der Waals surface area (Å²) in [5.41, 5.74) is -0.138. The number of ether oxygens (including phenoxy) is 1. The summed E-state index contributed by atoms with van der Waals surface area (Å²) in [6, 6.07) is 5.55. The maximum atomic E-state index is 13.3. The largest absolute Gasteiger partial charge is 0.619 e. The van der Waals surface area contributed by atoms with Gasteiger partial charge < -0.3 is 20.2 Å². The zero-order chi connectivity index (χ0) is 26.7. The van der Waals surface area contributed by atoms with Crippen molar-refractivity contribution in [1.29, 1.82) is 0 Å². The van der Waals surface area contributed by atoms with Crippen LogP contribution in [-0.2, 0) is 4.79 Å². The molecule has 2 aromatic heterocycles. The zero-order valence-electron chi connectivity index (χ0n) is 20.5. The number of amides is 2. The van der Waals surface area contributed by atoms with Gasteiger partial charge in [0, 0.05) is 37.8 Å². The second-order valence-corrected chi connectivity index (χ2v) is 9.27. The van der Waals surface area contributed by atoms with Crippen LogP contribution in [0.5, 0.6) is 11.6 Å². The Morgan fingerprint density at radius 2 is 1.84 bits per heavy atom. The summed E-state index contributed by atoms with van der Waals surface area (Å²) in [6.07, 6.45) is 5.12. The standard InChI is InChI=1S/C25H26F2N6O4/c1-16(31-10-11-33(25(2,3)15-31)24(35)17-6-8-32(36)9-7-17)23(34)30-21-13-29-22(14-28-21)37-18-4-5-19(26)20(27)12-18/h4-9,12-14,16H,10-11,15H2,1-3H3,(H,28,30,34). The highest BCUT2D eigenvalue weighted by atomic mass is 19.2. The molecule has 0 spiro atoms. The Bertz CT molecular complexity index is 1290. The van der Waals surface area contributed by atoms with Crippen LogP contribution in [0, 0.1) is 16.8 Å². The summed E-state index contributed by atoms with van der Waals surface area (Å²) in [7, 11) is 0. The van der Waals surface area contributed by atoms with Crippen LogP contribution in [0.4, 0.5) is 14.6 Å². The van der Waals surface area contributed by atoms with Gasteiger partial charge in [0.15, 0.2) is 29.8 Å². The third-order valence-corrected chi connectivity index (χ3v) is 6.15. The quantitative estimate of drug-likeness (QED) is 0.399. The lowest BCUT2D eigenvalue weighted by Gasteiger charge is -2.48. The highest BCUT2D eigenvalue weighted by Gasteiger charge is 2.39. The van der Waals surface area contributed by atoms with Crippen LogP contribution in [0.25, 0.3) is 0 Å². The van der Waals surface area contributed by atoms with Crippen LogP contribution < -0.4 is 14.8 Å². The molecule has 12 heteroatoms. The van der Waals surface area contributed by atoms with Gasteiger partial charge in [0.05, 0.1) is 29.5 Å². The fourth-order valence-corrected chi connectivity index (χ4v) is 4.10. The number of benzene rings is 1. The van der Waals surface area contributed by atoms with E-state index in [0.717, 1.165) is 12.1 Å². The molecule has 1 aliphatic heterocycles. The highest BCUT2D eigenvalue weighted by Crippen LogP contribution is 2.25. The van der Waals surface area contributed by atoms with Crippen molar-refractivity contribution in [2.75, 3.05) is 25.0 Å². The monoisotopic (exact) mass is 512 g/mol. The van der Waals surface area contributed by atoms with E-state index in [0.29, 0.717) is 29.9 Å². The number of piperazine rings is 1. The predicted octanol–water partition coefficient (Wildman–Crippen LogP) is 2.74. The topological polar surface area (TPSA) is 115 Å². The maximum absolute atomic E-state index is 13.3. The normalized spacial score (nSPS) is 16.2. The van der Waals surface area contributed by atoms with E-state index in [4.69, 9.17) is 4.74 Å². The molecule has 1 aliphatic rings. The summed E-state index contributed by atoms with van der Waals surface area (Å²) in [4.78, 5) is 37.8. The molecule has 3 heterocycles. The van der Waals surface area contributed by atoms with Crippen molar-refractivity contribution in [1.82, 2.24) is 19.8 Å². The molecule has 1 unspecified atom stereocenters. The van der Waals surface area contributed by atoms with Crippen LogP contribution in [-0.4, -0.2) is 62.8 Å². The number of hydrogen-bond donors (Lipinski definition) is 1. The molecule has 1 fully saturated rings. The fourth-order valence-electron chi connectivity index (χ4n) is 4.10. The van der Waals surface area contributed by atoms with Gasteiger partial charge in [0.25, 0.3) is 5.91 Å². The average Bonchev–Trinajstić information content (AvgIpc) is 2.86. The van der Waals surface area contributed by atoms with Gasteiger partial charge in [0.1, 0.15) is 5.75 Å². The zero-order valence-corrected chi connectivity index (χ0v) is 20.5. The lowest BCUT2D eigenvalue weighted by molar-refractivity contribution is -0.605. The molecular formula is C25H26F2N6O4. The van der Waals surface area contributed by atoms with Crippen LogP contribution in [0.3, 0.4) is 0 Å². The van der Waals surface area contributed by atoms with Gasteiger partial charge in [-0.3, -0.25) is 14.5 Å². The maximum Gasteiger partial charge on any atom is 0.254 e. The Morgan fingerprint density at radius 1 is 1.11 bits per heavy atom. The second kappa shape index (κ2) is 10.4. The van der Waals surface area contributed by atoms with Crippen molar-refractivity contribution in [3.63, 3.8) is 0 Å². The van der Waals surface area contributed by atoms with Gasteiger partial charge in [0.2, 0.25) is 11.8 Å². The van der Waals surface area contributed by atoms with E-state index in [2.05, 4.69) is 15.3 Å². The Hall–Kier alpha value is -4.19. The third kappa shape index (κ3) is 5.97. The second-order valence-electron chi connectivity index (χ2n) is 9.27. The molecule has 0 aliphatic carbocycles. The van der Waals surface area contributed by atoms with Crippen molar-refractivity contribution in [3.8, 4) is 11.6 Å². The van der Waals surface area contributed by atoms with Crippen LogP contribution >= 0.6 is 0 Å². The van der Waals surface area contributed by atoms with E-state index < -0.39 is 23.2 Å². The summed E-state index contributed by atoms with van der Waals surface area (Å²) in [5, 5.41) is 14.0. The molecule has 37 heavy (non-hydrogen) atoms. The van der Waals surface area contributed by atoms with Gasteiger partial charge >= 0.3 is 0 Å². The molecule has 10 nitrogen and oxygen atoms in total. The number of nitrogens with one attached hydrogen (secondary N) is 1. The van der Waals surface area contributed by atoms with E-state index in [1.165, 1.54) is 43.0 Å². The van der Waals surface area contributed by atoms with Gasteiger partial charge in [-0.1, -0.05) is 0 Å². The molecule has 2 amide bonds. The van der Waals surface area contributed by atoms with Crippen molar-refractivity contribution >= 4 is 17.6 Å². The number of hydrogen-bond acceptors (Lipinski definition) is 7. The third-order valence-electron chi connectivity index (χ3n) is 6.15. The number of carbonyl (C=O) groups excluding carboxylic acids is 2. The van der Waals surface area contributed by atoms with E-state index >= 15 is 0 Å². The SMILES string of the molecule is CC(C(=O)Nc1cnc(Oc2ccc(F)c(F)c2)cn1)N1CCN(C(=O)c2cc[n+]([O-])cc2)C(C)(C)C1. The number of rotatable bonds is 6. The number of nitrogens with zero attached hydrogens (tertiary/aromatic N) is 5. The number of aromatic nitrogens is 3. The smallest absolute Gasteiger partial charge is 0.254 e. The van der Waals surface area contributed by atoms with Gasteiger partial charge in [-0.2, -0.15) is 4.73 Å². The molecule has 1 aromatic carbocycles. The molecule has 3 aromatic rings. The Kier molecular flexibility index (Phi) is 7.30. The predicted molar refractivity (Wildman–Crippen MR) is 129 cm³/mol. The summed E-state index contributed by atoms with van der Waals surface area (Å²) >= 11 is 0. The van der Waals surface area contributed by atoms with Crippen molar-refractivity contribution < 1.29 is 27.8 Å². The Morgan fingerprint density at radius 3 is 2.46 bits per heavy atom. The van der Waals surface area contributed by atoms with Crippen LogP contribution in [0.1, 0.15) is 31.1 Å². The minimum absolute atomic E-state index is 0.0445. The first-order valence-electron chi connectivity index (χ1n) is 11.5. The molecule has 0 saturated carbocycles. The van der Waals surface area contributed by atoms with Crippen molar-refractivity contribution in [3.05, 3.63) is 77.5 Å². The summed E-state index contributed by atoms with van der Waals surface area (Å²) in [5.74, 6) is -2.22.